The molecule has 1 saturated heterocycles. The molecule has 0 saturated carbocycles. The standard InChI is InChI=1S/C11H14N4O3/c16-4-3-15-10(17)7-14(11(15)18)2-1-9-5-12-8-13-6-9/h5-6,8,16H,1-4,7H2. The normalized spacial score (nSPS) is 15.6. The molecular weight excluding hydrogens is 236 g/mol. The maximum atomic E-state index is 11.8. The number of aliphatic hydroxyl groups excluding tert-OH is 1. The van der Waals surface area contributed by atoms with Crippen LogP contribution >= 0.6 is 0 Å². The van der Waals surface area contributed by atoms with Crippen LogP contribution in [0.5, 0.6) is 0 Å². The average Bonchev–Trinajstić information content (AvgIpc) is 2.66. The summed E-state index contributed by atoms with van der Waals surface area (Å²) in [5.74, 6) is -0.265. The van der Waals surface area contributed by atoms with Crippen molar-refractivity contribution in [1.29, 1.82) is 0 Å². The Morgan fingerprint density at radius 3 is 2.61 bits per heavy atom. The van der Waals surface area contributed by atoms with Gasteiger partial charge in [-0.1, -0.05) is 0 Å². The van der Waals surface area contributed by atoms with Crippen molar-refractivity contribution in [3.05, 3.63) is 24.3 Å². The third-order valence-corrected chi connectivity index (χ3v) is 2.74. The van der Waals surface area contributed by atoms with Gasteiger partial charge in [-0.15, -0.1) is 0 Å². The molecular formula is C11H14N4O3. The second-order valence-corrected chi connectivity index (χ2v) is 3.97. The minimum atomic E-state index is -0.342. The Morgan fingerprint density at radius 1 is 1.22 bits per heavy atom. The molecule has 2 heterocycles. The van der Waals surface area contributed by atoms with Crippen molar-refractivity contribution < 1.29 is 14.7 Å². The van der Waals surface area contributed by atoms with Crippen molar-refractivity contribution in [3.63, 3.8) is 0 Å². The zero-order valence-electron chi connectivity index (χ0n) is 9.82. The van der Waals surface area contributed by atoms with Crippen molar-refractivity contribution in [2.75, 3.05) is 26.2 Å². The van der Waals surface area contributed by atoms with Crippen LogP contribution < -0.4 is 0 Å². The summed E-state index contributed by atoms with van der Waals surface area (Å²) in [5.41, 5.74) is 0.915. The van der Waals surface area contributed by atoms with Gasteiger partial charge in [0.15, 0.2) is 0 Å². The second kappa shape index (κ2) is 5.54. The molecule has 96 valence electrons. The molecule has 1 aliphatic heterocycles. The molecule has 1 aliphatic rings. The first kappa shape index (κ1) is 12.4. The number of aromatic nitrogens is 2. The van der Waals surface area contributed by atoms with E-state index >= 15 is 0 Å². The Balaban J connectivity index is 1.91. The first-order valence-electron chi connectivity index (χ1n) is 5.66. The summed E-state index contributed by atoms with van der Waals surface area (Å²) in [6, 6.07) is -0.342. The summed E-state index contributed by atoms with van der Waals surface area (Å²) in [4.78, 5) is 33.6. The van der Waals surface area contributed by atoms with E-state index in [1.54, 1.807) is 12.4 Å². The summed E-state index contributed by atoms with van der Waals surface area (Å²) in [6.45, 7) is 0.368. The molecule has 0 atom stereocenters. The highest BCUT2D eigenvalue weighted by Crippen LogP contribution is 2.10. The molecule has 18 heavy (non-hydrogen) atoms. The van der Waals surface area contributed by atoms with Gasteiger partial charge in [-0.3, -0.25) is 9.69 Å². The van der Waals surface area contributed by atoms with Crippen LogP contribution in [0.3, 0.4) is 0 Å². The first-order chi connectivity index (χ1) is 8.72. The average molecular weight is 250 g/mol. The van der Waals surface area contributed by atoms with Gasteiger partial charge in [-0.25, -0.2) is 14.8 Å². The van der Waals surface area contributed by atoms with Gasteiger partial charge >= 0.3 is 6.03 Å². The summed E-state index contributed by atoms with van der Waals surface area (Å²) < 4.78 is 0. The third-order valence-electron chi connectivity index (χ3n) is 2.74. The lowest BCUT2D eigenvalue weighted by molar-refractivity contribution is -0.125. The number of nitrogens with zero attached hydrogens (tertiary/aromatic N) is 4. The van der Waals surface area contributed by atoms with Gasteiger partial charge in [0.25, 0.3) is 0 Å². The number of hydrogen-bond acceptors (Lipinski definition) is 5. The Labute approximate surface area is 104 Å². The third kappa shape index (κ3) is 2.62. The number of carbonyl (C=O) groups excluding carboxylic acids is 2. The van der Waals surface area contributed by atoms with Crippen LogP contribution in [0, 0.1) is 0 Å². The van der Waals surface area contributed by atoms with Crippen LogP contribution in [0.1, 0.15) is 5.56 Å². The maximum absolute atomic E-state index is 11.8. The van der Waals surface area contributed by atoms with Gasteiger partial charge < -0.3 is 10.0 Å². The Bertz CT molecular complexity index is 437. The molecule has 1 N–H and O–H groups in total. The van der Waals surface area contributed by atoms with E-state index in [1.807, 2.05) is 0 Å². The molecule has 0 spiro atoms. The van der Waals surface area contributed by atoms with Crippen molar-refractivity contribution in [2.24, 2.45) is 0 Å². The zero-order chi connectivity index (χ0) is 13.0. The molecule has 7 nitrogen and oxygen atoms in total. The van der Waals surface area contributed by atoms with Crippen molar-refractivity contribution >= 4 is 11.9 Å². The molecule has 0 bridgehead atoms. The van der Waals surface area contributed by atoms with Crippen molar-refractivity contribution in [1.82, 2.24) is 19.8 Å². The number of imide groups is 1. The Kier molecular flexibility index (Phi) is 3.83. The van der Waals surface area contributed by atoms with Crippen LogP contribution in [-0.2, 0) is 11.2 Å². The van der Waals surface area contributed by atoms with E-state index in [0.29, 0.717) is 13.0 Å². The van der Waals surface area contributed by atoms with E-state index in [0.717, 1.165) is 10.5 Å². The van der Waals surface area contributed by atoms with Gasteiger partial charge in [-0.05, 0) is 12.0 Å². The van der Waals surface area contributed by atoms with Gasteiger partial charge in [-0.2, -0.15) is 0 Å². The fourth-order valence-corrected chi connectivity index (χ4v) is 1.81. The molecule has 1 aromatic rings. The Morgan fingerprint density at radius 2 is 1.94 bits per heavy atom. The summed E-state index contributed by atoms with van der Waals surface area (Å²) in [6.07, 6.45) is 5.41. The van der Waals surface area contributed by atoms with Crippen molar-refractivity contribution in [3.8, 4) is 0 Å². The second-order valence-electron chi connectivity index (χ2n) is 3.97. The topological polar surface area (TPSA) is 86.6 Å². The van der Waals surface area contributed by atoms with Crippen LogP contribution in [0.2, 0.25) is 0 Å². The van der Waals surface area contributed by atoms with E-state index in [2.05, 4.69) is 9.97 Å². The molecule has 0 aliphatic carbocycles. The van der Waals surface area contributed by atoms with Gasteiger partial charge in [0.1, 0.15) is 12.9 Å². The highest BCUT2D eigenvalue weighted by atomic mass is 16.3. The first-order valence-corrected chi connectivity index (χ1v) is 5.66. The van der Waals surface area contributed by atoms with Crippen LogP contribution in [0.4, 0.5) is 4.79 Å². The molecule has 7 heteroatoms. The van der Waals surface area contributed by atoms with Crippen molar-refractivity contribution in [2.45, 2.75) is 6.42 Å². The highest BCUT2D eigenvalue weighted by molar-refractivity contribution is 6.01. The largest absolute Gasteiger partial charge is 0.395 e. The maximum Gasteiger partial charge on any atom is 0.327 e. The monoisotopic (exact) mass is 250 g/mol. The number of hydrogen-bond donors (Lipinski definition) is 1. The number of aliphatic hydroxyl groups is 1. The molecule has 0 aromatic carbocycles. The van der Waals surface area contributed by atoms with Gasteiger partial charge in [0.05, 0.1) is 13.2 Å². The number of urea groups is 1. The van der Waals surface area contributed by atoms with E-state index in [9.17, 15) is 9.59 Å². The predicted octanol–water partition coefficient (Wildman–Crippen LogP) is -0.724. The van der Waals surface area contributed by atoms with E-state index in [1.165, 1.54) is 11.2 Å². The highest BCUT2D eigenvalue weighted by Gasteiger charge is 2.34. The number of β-amino-alcohol motifs (C(OH)–C–C–N with tert-alkyl or cyclic N) is 1. The smallest absolute Gasteiger partial charge is 0.327 e. The molecule has 1 aromatic heterocycles. The minimum Gasteiger partial charge on any atom is -0.395 e. The van der Waals surface area contributed by atoms with Crippen LogP contribution in [-0.4, -0.2) is 63.1 Å². The SMILES string of the molecule is O=C1CN(CCc2cncnc2)C(=O)N1CCO. The van der Waals surface area contributed by atoms with E-state index in [4.69, 9.17) is 5.11 Å². The Hall–Kier alpha value is -2.02. The number of rotatable bonds is 5. The minimum absolute atomic E-state index is 0.0581. The van der Waals surface area contributed by atoms with Crippen LogP contribution in [0.15, 0.2) is 18.7 Å². The summed E-state index contributed by atoms with van der Waals surface area (Å²) in [7, 11) is 0. The number of amides is 3. The lowest BCUT2D eigenvalue weighted by Crippen LogP contribution is -2.35. The molecule has 0 radical (unpaired) electrons. The van der Waals surface area contributed by atoms with Crippen LogP contribution in [0.25, 0.3) is 0 Å². The van der Waals surface area contributed by atoms with Gasteiger partial charge in [0, 0.05) is 18.9 Å². The molecule has 0 unspecified atom stereocenters. The molecule has 2 rings (SSSR count). The van der Waals surface area contributed by atoms with Gasteiger partial charge in [0.2, 0.25) is 5.91 Å². The summed E-state index contributed by atoms with van der Waals surface area (Å²) in [5, 5.41) is 8.78. The van der Waals surface area contributed by atoms with E-state index < -0.39 is 0 Å². The number of carbonyl (C=O) groups is 2. The fourth-order valence-electron chi connectivity index (χ4n) is 1.81. The quantitative estimate of drug-likeness (QED) is 0.697. The van der Waals surface area contributed by atoms with E-state index in [-0.39, 0.29) is 31.6 Å². The zero-order valence-corrected chi connectivity index (χ0v) is 9.82. The molecule has 3 amide bonds. The lowest BCUT2D eigenvalue weighted by Gasteiger charge is -2.15. The predicted molar refractivity (Wildman–Crippen MR) is 61.5 cm³/mol. The fraction of sp³-hybridized carbons (Fsp3) is 0.455. The summed E-state index contributed by atoms with van der Waals surface area (Å²) >= 11 is 0. The lowest BCUT2D eigenvalue weighted by atomic mass is 10.2. The molecule has 1 fully saturated rings.